The van der Waals surface area contributed by atoms with Crippen molar-refractivity contribution < 1.29 is 19.1 Å². The van der Waals surface area contributed by atoms with Crippen molar-refractivity contribution in [1.82, 2.24) is 15.5 Å². The number of ether oxygens (including phenoxy) is 1. The SMILES string of the molecule is O=C(CN1C(=O)N[C@@]2(CCOc3ccccc32)C1=O)NC12CC3CC(CC(C3)C1)C2. The summed E-state index contributed by atoms with van der Waals surface area (Å²) < 4.78 is 5.67. The highest BCUT2D eigenvalue weighted by molar-refractivity contribution is 6.09. The van der Waals surface area contributed by atoms with E-state index in [0.29, 0.717) is 24.3 Å². The van der Waals surface area contributed by atoms with Crippen LogP contribution in [0.25, 0.3) is 0 Å². The molecule has 158 valence electrons. The monoisotopic (exact) mass is 409 g/mol. The van der Waals surface area contributed by atoms with Gasteiger partial charge in [-0.15, -0.1) is 0 Å². The molecule has 1 atom stereocenters. The third kappa shape index (κ3) is 2.60. The smallest absolute Gasteiger partial charge is 0.325 e. The maximum absolute atomic E-state index is 13.4. The van der Waals surface area contributed by atoms with E-state index in [2.05, 4.69) is 10.6 Å². The molecule has 1 spiro atoms. The number of rotatable bonds is 3. The number of fused-ring (bicyclic) bond motifs is 2. The van der Waals surface area contributed by atoms with Crippen LogP contribution in [-0.2, 0) is 15.1 Å². The number of amides is 4. The molecule has 4 saturated carbocycles. The fourth-order valence-corrected chi connectivity index (χ4v) is 7.26. The topological polar surface area (TPSA) is 87.7 Å². The molecule has 1 aromatic carbocycles. The number of carbonyl (C=O) groups excluding carboxylic acids is 3. The second-order valence-electron chi connectivity index (χ2n) is 10.1. The van der Waals surface area contributed by atoms with Crippen LogP contribution in [0.4, 0.5) is 4.79 Å². The second-order valence-corrected chi connectivity index (χ2v) is 10.1. The van der Waals surface area contributed by atoms with Gasteiger partial charge in [-0.1, -0.05) is 18.2 Å². The molecular formula is C23H27N3O4. The van der Waals surface area contributed by atoms with Gasteiger partial charge in [-0.3, -0.25) is 14.5 Å². The Bertz CT molecular complexity index is 909. The Morgan fingerprint density at radius 2 is 1.77 bits per heavy atom. The molecule has 2 aliphatic heterocycles. The fourth-order valence-electron chi connectivity index (χ4n) is 7.26. The molecule has 4 bridgehead atoms. The minimum atomic E-state index is -1.13. The van der Waals surface area contributed by atoms with E-state index in [9.17, 15) is 14.4 Å². The van der Waals surface area contributed by atoms with Gasteiger partial charge in [-0.25, -0.2) is 4.79 Å². The Morgan fingerprint density at radius 1 is 1.10 bits per heavy atom. The second kappa shape index (κ2) is 6.22. The average molecular weight is 409 g/mol. The minimum absolute atomic E-state index is 0.131. The first kappa shape index (κ1) is 18.2. The van der Waals surface area contributed by atoms with E-state index in [4.69, 9.17) is 4.74 Å². The van der Waals surface area contributed by atoms with Gasteiger partial charge in [0.25, 0.3) is 5.91 Å². The molecule has 4 aliphatic carbocycles. The largest absolute Gasteiger partial charge is 0.493 e. The zero-order valence-electron chi connectivity index (χ0n) is 17.0. The Kier molecular flexibility index (Phi) is 3.78. The molecular weight excluding hydrogens is 382 g/mol. The van der Waals surface area contributed by atoms with Crippen LogP contribution in [0.2, 0.25) is 0 Å². The number of nitrogens with zero attached hydrogens (tertiary/aromatic N) is 1. The van der Waals surface area contributed by atoms with Crippen molar-refractivity contribution in [1.29, 1.82) is 0 Å². The lowest BCUT2D eigenvalue weighted by Gasteiger charge is -2.56. The van der Waals surface area contributed by atoms with Crippen LogP contribution in [0.3, 0.4) is 0 Å². The van der Waals surface area contributed by atoms with Crippen molar-refractivity contribution in [3.8, 4) is 5.75 Å². The first-order chi connectivity index (χ1) is 14.5. The summed E-state index contributed by atoms with van der Waals surface area (Å²) >= 11 is 0. The van der Waals surface area contributed by atoms with Crippen LogP contribution in [0.5, 0.6) is 5.75 Å². The molecule has 2 N–H and O–H groups in total. The summed E-state index contributed by atoms with van der Waals surface area (Å²) in [6.07, 6.45) is 7.38. The summed E-state index contributed by atoms with van der Waals surface area (Å²) in [4.78, 5) is 40.2. The highest BCUT2D eigenvalue weighted by atomic mass is 16.5. The van der Waals surface area contributed by atoms with E-state index < -0.39 is 11.6 Å². The summed E-state index contributed by atoms with van der Waals surface area (Å²) in [5.74, 6) is 2.18. The number of hydrogen-bond acceptors (Lipinski definition) is 4. The minimum Gasteiger partial charge on any atom is -0.493 e. The lowest BCUT2D eigenvalue weighted by molar-refractivity contribution is -0.137. The molecule has 30 heavy (non-hydrogen) atoms. The number of imide groups is 1. The van der Waals surface area contributed by atoms with Gasteiger partial charge in [0.1, 0.15) is 12.3 Å². The van der Waals surface area contributed by atoms with Crippen LogP contribution >= 0.6 is 0 Å². The third-order valence-electron chi connectivity index (χ3n) is 8.00. The number of benzene rings is 1. The number of para-hydroxylation sites is 1. The predicted molar refractivity (Wildman–Crippen MR) is 108 cm³/mol. The van der Waals surface area contributed by atoms with Crippen LogP contribution < -0.4 is 15.4 Å². The molecule has 5 fully saturated rings. The Labute approximate surface area is 175 Å². The van der Waals surface area contributed by atoms with Gasteiger partial charge in [0.2, 0.25) is 5.91 Å². The lowest BCUT2D eigenvalue weighted by atomic mass is 9.53. The van der Waals surface area contributed by atoms with Gasteiger partial charge in [-0.05, 0) is 62.3 Å². The Morgan fingerprint density at radius 3 is 2.47 bits per heavy atom. The summed E-state index contributed by atoms with van der Waals surface area (Å²) in [7, 11) is 0. The zero-order chi connectivity index (χ0) is 20.5. The summed E-state index contributed by atoms with van der Waals surface area (Å²) in [6, 6.07) is 6.79. The van der Waals surface area contributed by atoms with Gasteiger partial charge in [0, 0.05) is 17.5 Å². The third-order valence-corrected chi connectivity index (χ3v) is 8.00. The van der Waals surface area contributed by atoms with Crippen molar-refractivity contribution in [3.05, 3.63) is 29.8 Å². The molecule has 2 heterocycles. The highest BCUT2D eigenvalue weighted by Gasteiger charge is 2.56. The molecule has 4 amide bonds. The van der Waals surface area contributed by atoms with Crippen LogP contribution in [0.1, 0.15) is 50.5 Å². The fraction of sp³-hybridized carbons (Fsp3) is 0.609. The number of urea groups is 1. The first-order valence-corrected chi connectivity index (χ1v) is 11.1. The summed E-state index contributed by atoms with van der Waals surface area (Å²) in [5, 5.41) is 6.13. The maximum Gasteiger partial charge on any atom is 0.325 e. The van der Waals surface area contributed by atoms with Crippen LogP contribution in [0.15, 0.2) is 24.3 Å². The lowest BCUT2D eigenvalue weighted by Crippen LogP contribution is -2.61. The van der Waals surface area contributed by atoms with Crippen molar-refractivity contribution in [2.45, 2.75) is 56.0 Å². The molecule has 1 saturated heterocycles. The van der Waals surface area contributed by atoms with E-state index in [1.807, 2.05) is 18.2 Å². The van der Waals surface area contributed by atoms with E-state index >= 15 is 0 Å². The van der Waals surface area contributed by atoms with Gasteiger partial charge in [-0.2, -0.15) is 0 Å². The van der Waals surface area contributed by atoms with E-state index in [-0.39, 0.29) is 23.9 Å². The molecule has 7 rings (SSSR count). The first-order valence-electron chi connectivity index (χ1n) is 11.1. The predicted octanol–water partition coefficient (Wildman–Crippen LogP) is 2.30. The van der Waals surface area contributed by atoms with E-state index in [1.165, 1.54) is 19.3 Å². The molecule has 0 unspecified atom stereocenters. The quantitative estimate of drug-likeness (QED) is 0.750. The van der Waals surface area contributed by atoms with Crippen LogP contribution in [-0.4, -0.2) is 41.4 Å². The molecule has 6 aliphatic rings. The van der Waals surface area contributed by atoms with Gasteiger partial charge >= 0.3 is 6.03 Å². The van der Waals surface area contributed by atoms with Crippen molar-refractivity contribution >= 4 is 17.8 Å². The number of carbonyl (C=O) groups is 3. The van der Waals surface area contributed by atoms with Crippen molar-refractivity contribution in [2.75, 3.05) is 13.2 Å². The highest BCUT2D eigenvalue weighted by Crippen LogP contribution is 2.55. The van der Waals surface area contributed by atoms with Crippen LogP contribution in [0, 0.1) is 17.8 Å². The normalized spacial score (nSPS) is 38.4. The Hall–Kier alpha value is -2.57. The van der Waals surface area contributed by atoms with E-state index in [1.54, 1.807) is 6.07 Å². The number of nitrogens with one attached hydrogen (secondary N) is 2. The standard InChI is InChI=1S/C23H27N3O4/c27-19(24-22-10-14-7-15(11-22)9-16(8-14)12-22)13-26-20(28)23(25-21(26)29)5-6-30-18-4-2-1-3-17(18)23/h1-4,14-16H,5-13H2,(H,24,27)(H,25,29)/t14?,15?,16?,22?,23-/m1/s1. The maximum atomic E-state index is 13.4. The van der Waals surface area contributed by atoms with Gasteiger partial charge in [0.05, 0.1) is 6.61 Å². The molecule has 7 heteroatoms. The molecule has 0 radical (unpaired) electrons. The summed E-state index contributed by atoms with van der Waals surface area (Å²) in [6.45, 7) is 0.119. The average Bonchev–Trinajstić information content (AvgIpc) is 2.92. The molecule has 7 nitrogen and oxygen atoms in total. The Balaban J connectivity index is 1.20. The molecule has 0 aromatic heterocycles. The van der Waals surface area contributed by atoms with Crippen molar-refractivity contribution in [3.63, 3.8) is 0 Å². The summed E-state index contributed by atoms with van der Waals surface area (Å²) in [5.41, 5.74) is -0.598. The van der Waals surface area contributed by atoms with Gasteiger partial charge in [0.15, 0.2) is 5.54 Å². The van der Waals surface area contributed by atoms with Crippen molar-refractivity contribution in [2.24, 2.45) is 17.8 Å². The zero-order valence-corrected chi connectivity index (χ0v) is 17.0. The number of hydrogen-bond donors (Lipinski definition) is 2. The van der Waals surface area contributed by atoms with E-state index in [0.717, 1.165) is 41.9 Å². The molecule has 1 aromatic rings. The van der Waals surface area contributed by atoms with Gasteiger partial charge < -0.3 is 15.4 Å².